The molecule has 1 aromatic carbocycles. The highest BCUT2D eigenvalue weighted by atomic mass is 32.1. The zero-order chi connectivity index (χ0) is 18.6. The summed E-state index contributed by atoms with van der Waals surface area (Å²) in [6, 6.07) is 14.0. The van der Waals surface area contributed by atoms with Crippen LogP contribution in [0.15, 0.2) is 55.0 Å². The Morgan fingerprint density at radius 3 is 2.59 bits per heavy atom. The van der Waals surface area contributed by atoms with Crippen LogP contribution in [0.25, 0.3) is 20.7 Å². The summed E-state index contributed by atoms with van der Waals surface area (Å²) in [4.78, 5) is 14.1. The van der Waals surface area contributed by atoms with Crippen LogP contribution in [0, 0.1) is 0 Å². The Morgan fingerprint density at radius 1 is 0.963 bits per heavy atom. The predicted molar refractivity (Wildman–Crippen MR) is 108 cm³/mol. The first-order valence-corrected chi connectivity index (χ1v) is 9.20. The van der Waals surface area contributed by atoms with Crippen LogP contribution in [-0.4, -0.2) is 29.2 Å². The minimum Gasteiger partial charge on any atom is -0.497 e. The fraction of sp³-hybridized carbons (Fsp3) is 0.150. The number of hydrogen-bond donors (Lipinski definition) is 1. The lowest BCUT2D eigenvalue weighted by molar-refractivity contribution is 0.397. The molecule has 0 atom stereocenters. The van der Waals surface area contributed by atoms with Crippen LogP contribution >= 0.6 is 11.3 Å². The van der Waals surface area contributed by atoms with Crippen molar-refractivity contribution in [1.82, 2.24) is 15.0 Å². The standard InChI is InChI=1S/C20H18N4O2S/c1-25-15-5-3-14(4-6-15)17-10-16-19(27-17)20(24-12-23-16)22-11-13-7-8-21-18(9-13)26-2/h3-10,12H,11H2,1-2H3,(H,22,23,24). The van der Waals surface area contributed by atoms with Crippen LogP contribution in [-0.2, 0) is 6.54 Å². The normalized spacial score (nSPS) is 10.7. The number of hydrogen-bond acceptors (Lipinski definition) is 7. The second-order valence-electron chi connectivity index (χ2n) is 5.84. The number of thiophene rings is 1. The molecule has 0 saturated heterocycles. The Kier molecular flexibility index (Phi) is 4.84. The topological polar surface area (TPSA) is 69.2 Å². The Balaban J connectivity index is 1.60. The molecule has 3 aromatic heterocycles. The van der Waals surface area contributed by atoms with E-state index in [-0.39, 0.29) is 0 Å². The number of fused-ring (bicyclic) bond motifs is 1. The Hall–Kier alpha value is -3.19. The molecular weight excluding hydrogens is 360 g/mol. The summed E-state index contributed by atoms with van der Waals surface area (Å²) in [6.45, 7) is 0.626. The van der Waals surface area contributed by atoms with Gasteiger partial charge in [0.05, 0.1) is 24.4 Å². The van der Waals surface area contributed by atoms with Crippen LogP contribution in [0.2, 0.25) is 0 Å². The van der Waals surface area contributed by atoms with Crippen molar-refractivity contribution >= 4 is 27.4 Å². The zero-order valence-corrected chi connectivity index (χ0v) is 15.8. The lowest BCUT2D eigenvalue weighted by atomic mass is 10.2. The van der Waals surface area contributed by atoms with Gasteiger partial charge in [0.25, 0.3) is 0 Å². The maximum atomic E-state index is 5.23. The van der Waals surface area contributed by atoms with E-state index >= 15 is 0 Å². The number of rotatable bonds is 6. The molecule has 7 heteroatoms. The van der Waals surface area contributed by atoms with Gasteiger partial charge in [0.1, 0.15) is 17.9 Å². The Morgan fingerprint density at radius 2 is 1.81 bits per heavy atom. The first-order valence-electron chi connectivity index (χ1n) is 8.38. The van der Waals surface area contributed by atoms with Crippen molar-refractivity contribution in [3.8, 4) is 22.1 Å². The fourth-order valence-corrected chi connectivity index (χ4v) is 3.82. The summed E-state index contributed by atoms with van der Waals surface area (Å²) in [5.74, 6) is 2.26. The molecule has 3 heterocycles. The van der Waals surface area contributed by atoms with Gasteiger partial charge >= 0.3 is 0 Å². The Bertz CT molecular complexity index is 1060. The van der Waals surface area contributed by atoms with Crippen LogP contribution < -0.4 is 14.8 Å². The van der Waals surface area contributed by atoms with E-state index in [9.17, 15) is 0 Å². The fourth-order valence-electron chi connectivity index (χ4n) is 2.74. The van der Waals surface area contributed by atoms with Crippen molar-refractivity contribution in [2.45, 2.75) is 6.54 Å². The van der Waals surface area contributed by atoms with E-state index in [0.29, 0.717) is 12.4 Å². The van der Waals surface area contributed by atoms with Crippen LogP contribution in [0.3, 0.4) is 0 Å². The van der Waals surface area contributed by atoms with Gasteiger partial charge < -0.3 is 14.8 Å². The minimum atomic E-state index is 0.597. The SMILES string of the molecule is COc1ccc(-c2cc3ncnc(NCc4ccnc(OC)c4)c3s2)cc1. The average Bonchev–Trinajstić information content (AvgIpc) is 3.17. The first-order chi connectivity index (χ1) is 13.3. The van der Waals surface area contributed by atoms with Gasteiger partial charge in [-0.3, -0.25) is 0 Å². The summed E-state index contributed by atoms with van der Waals surface area (Å²) in [6.07, 6.45) is 3.32. The van der Waals surface area contributed by atoms with E-state index in [1.807, 2.05) is 36.4 Å². The molecule has 6 nitrogen and oxygen atoms in total. The van der Waals surface area contributed by atoms with Gasteiger partial charge in [-0.1, -0.05) is 0 Å². The molecule has 0 saturated carbocycles. The second-order valence-corrected chi connectivity index (χ2v) is 6.89. The maximum Gasteiger partial charge on any atom is 0.213 e. The maximum absolute atomic E-state index is 5.23. The molecule has 0 aliphatic rings. The summed E-state index contributed by atoms with van der Waals surface area (Å²) in [7, 11) is 3.28. The van der Waals surface area contributed by atoms with Gasteiger partial charge in [0.2, 0.25) is 5.88 Å². The van der Waals surface area contributed by atoms with Crippen molar-refractivity contribution in [2.24, 2.45) is 0 Å². The third-order valence-electron chi connectivity index (χ3n) is 4.15. The van der Waals surface area contributed by atoms with Gasteiger partial charge in [0, 0.05) is 23.7 Å². The highest BCUT2D eigenvalue weighted by Crippen LogP contribution is 2.36. The van der Waals surface area contributed by atoms with Crippen molar-refractivity contribution in [3.63, 3.8) is 0 Å². The van der Waals surface area contributed by atoms with Crippen LogP contribution in [0.4, 0.5) is 5.82 Å². The summed E-state index contributed by atoms with van der Waals surface area (Å²) in [5, 5.41) is 3.39. The van der Waals surface area contributed by atoms with Gasteiger partial charge in [-0.2, -0.15) is 0 Å². The molecule has 1 N–H and O–H groups in total. The third kappa shape index (κ3) is 3.68. The quantitative estimate of drug-likeness (QED) is 0.537. The largest absolute Gasteiger partial charge is 0.497 e. The van der Waals surface area contributed by atoms with E-state index < -0.39 is 0 Å². The van der Waals surface area contributed by atoms with Crippen molar-refractivity contribution in [1.29, 1.82) is 0 Å². The molecule has 4 aromatic rings. The number of anilines is 1. The van der Waals surface area contributed by atoms with Crippen molar-refractivity contribution < 1.29 is 9.47 Å². The number of aromatic nitrogens is 3. The van der Waals surface area contributed by atoms with E-state index in [0.717, 1.165) is 37.8 Å². The van der Waals surface area contributed by atoms with Gasteiger partial charge in [-0.15, -0.1) is 11.3 Å². The molecule has 0 bridgehead atoms. The third-order valence-corrected chi connectivity index (χ3v) is 5.33. The predicted octanol–water partition coefficient (Wildman–Crippen LogP) is 4.38. The van der Waals surface area contributed by atoms with E-state index in [4.69, 9.17) is 9.47 Å². The molecular formula is C20H18N4O2S. The monoisotopic (exact) mass is 378 g/mol. The summed E-state index contributed by atoms with van der Waals surface area (Å²) in [5.41, 5.74) is 3.12. The first kappa shape index (κ1) is 17.2. The molecule has 27 heavy (non-hydrogen) atoms. The number of methoxy groups -OCH3 is 2. The number of benzene rings is 1. The van der Waals surface area contributed by atoms with Gasteiger partial charge in [-0.25, -0.2) is 15.0 Å². The molecule has 136 valence electrons. The van der Waals surface area contributed by atoms with E-state index in [1.54, 1.807) is 38.1 Å². The van der Waals surface area contributed by atoms with Gasteiger partial charge in [0.15, 0.2) is 0 Å². The second kappa shape index (κ2) is 7.59. The van der Waals surface area contributed by atoms with Crippen LogP contribution in [0.1, 0.15) is 5.56 Å². The molecule has 0 aliphatic carbocycles. The number of ether oxygens (including phenoxy) is 2. The molecule has 0 radical (unpaired) electrons. The molecule has 0 spiro atoms. The van der Waals surface area contributed by atoms with Gasteiger partial charge in [-0.05, 0) is 47.5 Å². The average molecular weight is 378 g/mol. The van der Waals surface area contributed by atoms with Crippen molar-refractivity contribution in [2.75, 3.05) is 19.5 Å². The molecule has 4 rings (SSSR count). The molecule has 0 fully saturated rings. The van der Waals surface area contributed by atoms with Crippen LogP contribution in [0.5, 0.6) is 11.6 Å². The zero-order valence-electron chi connectivity index (χ0n) is 15.0. The molecule has 0 amide bonds. The summed E-state index contributed by atoms with van der Waals surface area (Å²) < 4.78 is 11.4. The van der Waals surface area contributed by atoms with Crippen molar-refractivity contribution in [3.05, 3.63) is 60.6 Å². The molecule has 0 unspecified atom stereocenters. The summed E-state index contributed by atoms with van der Waals surface area (Å²) >= 11 is 1.67. The number of pyridine rings is 1. The molecule has 0 aliphatic heterocycles. The number of nitrogens with zero attached hydrogens (tertiary/aromatic N) is 3. The smallest absolute Gasteiger partial charge is 0.213 e. The number of nitrogens with one attached hydrogen (secondary N) is 1. The van der Waals surface area contributed by atoms with E-state index in [1.165, 1.54) is 0 Å². The lowest BCUT2D eigenvalue weighted by Crippen LogP contribution is -2.02. The highest BCUT2D eigenvalue weighted by Gasteiger charge is 2.10. The minimum absolute atomic E-state index is 0.597. The highest BCUT2D eigenvalue weighted by molar-refractivity contribution is 7.22. The Labute approximate surface area is 160 Å². The lowest BCUT2D eigenvalue weighted by Gasteiger charge is -2.07. The van der Waals surface area contributed by atoms with E-state index in [2.05, 4.69) is 26.3 Å².